The average molecular weight is 479 g/mol. The molecule has 0 bridgehead atoms. The number of rotatable bonds is 8. The van der Waals surface area contributed by atoms with Crippen LogP contribution < -0.4 is 16.2 Å². The molecular formula is C25H24F2N6O2. The van der Waals surface area contributed by atoms with Crippen LogP contribution in [0.4, 0.5) is 14.6 Å². The fourth-order valence-corrected chi connectivity index (χ4v) is 3.68. The van der Waals surface area contributed by atoms with Crippen LogP contribution in [0.15, 0.2) is 65.8 Å². The lowest BCUT2D eigenvalue weighted by Crippen LogP contribution is -2.36. The van der Waals surface area contributed by atoms with E-state index >= 15 is 0 Å². The fraction of sp³-hybridized carbons (Fsp3) is 0.240. The Morgan fingerprint density at radius 2 is 1.74 bits per heavy atom. The normalized spacial score (nSPS) is 11.4. The molecule has 2 N–H and O–H groups in total. The molecule has 0 aliphatic heterocycles. The number of aryl methyl sites for hydroxylation is 2. The largest absolute Gasteiger partial charge is 0.359 e. The van der Waals surface area contributed by atoms with Gasteiger partial charge in [-0.15, -0.1) is 0 Å². The van der Waals surface area contributed by atoms with Crippen molar-refractivity contribution in [1.82, 2.24) is 24.8 Å². The first-order valence-corrected chi connectivity index (χ1v) is 11.0. The molecule has 3 aromatic heterocycles. The Hall–Kier alpha value is -4.21. The smallest absolute Gasteiger partial charge is 0.306 e. The number of pyridine rings is 2. The highest BCUT2D eigenvalue weighted by atomic mass is 19.3. The number of nitrogens with zero attached hydrogens (tertiary/aromatic N) is 4. The second-order valence-electron chi connectivity index (χ2n) is 8.10. The van der Waals surface area contributed by atoms with E-state index in [4.69, 9.17) is 0 Å². The molecule has 0 saturated heterocycles. The minimum atomic E-state index is -3.31. The molecule has 4 aromatic rings. The van der Waals surface area contributed by atoms with E-state index in [9.17, 15) is 18.4 Å². The standard InChI is InChI=1S/C25H24F2N6O2/c1-16-11-31-23(32-15-25(26,27)21-9-5-6-10-28-21)24(35)33(16)14-22(34)30-13-18-12-29-17(2)19-7-3-4-8-20(18)19/h3-12H,13-15H2,1-2H3,(H,30,34)(H,31,32). The fourth-order valence-electron chi connectivity index (χ4n) is 3.68. The molecule has 35 heavy (non-hydrogen) atoms. The van der Waals surface area contributed by atoms with Gasteiger partial charge in [-0.1, -0.05) is 30.3 Å². The van der Waals surface area contributed by atoms with Gasteiger partial charge in [0.05, 0.1) is 6.54 Å². The van der Waals surface area contributed by atoms with Gasteiger partial charge in [0.2, 0.25) is 5.91 Å². The summed E-state index contributed by atoms with van der Waals surface area (Å²) in [6.07, 6.45) is 4.34. The summed E-state index contributed by atoms with van der Waals surface area (Å²) >= 11 is 0. The van der Waals surface area contributed by atoms with Crippen molar-refractivity contribution in [1.29, 1.82) is 0 Å². The number of anilines is 1. The molecule has 0 radical (unpaired) electrons. The van der Waals surface area contributed by atoms with Crippen LogP contribution in [0.1, 0.15) is 22.6 Å². The van der Waals surface area contributed by atoms with Crippen molar-refractivity contribution in [3.63, 3.8) is 0 Å². The third-order valence-electron chi connectivity index (χ3n) is 5.63. The van der Waals surface area contributed by atoms with Crippen molar-refractivity contribution < 1.29 is 13.6 Å². The van der Waals surface area contributed by atoms with E-state index in [1.165, 1.54) is 35.2 Å². The van der Waals surface area contributed by atoms with Crippen molar-refractivity contribution >= 4 is 22.5 Å². The summed E-state index contributed by atoms with van der Waals surface area (Å²) in [5.74, 6) is -3.99. The van der Waals surface area contributed by atoms with Gasteiger partial charge in [-0.25, -0.2) is 4.98 Å². The molecule has 1 aromatic carbocycles. The number of aromatic nitrogens is 4. The van der Waals surface area contributed by atoms with Gasteiger partial charge in [0, 0.05) is 41.9 Å². The van der Waals surface area contributed by atoms with Gasteiger partial charge in [-0.2, -0.15) is 8.78 Å². The maximum Gasteiger partial charge on any atom is 0.306 e. The molecule has 0 unspecified atom stereocenters. The Morgan fingerprint density at radius 1 is 1.00 bits per heavy atom. The third-order valence-corrected chi connectivity index (χ3v) is 5.63. The Morgan fingerprint density at radius 3 is 2.49 bits per heavy atom. The first-order valence-electron chi connectivity index (χ1n) is 11.0. The molecule has 0 aliphatic carbocycles. The third kappa shape index (κ3) is 5.32. The van der Waals surface area contributed by atoms with Crippen LogP contribution in [-0.4, -0.2) is 32.0 Å². The number of hydrogen-bond acceptors (Lipinski definition) is 6. The second-order valence-corrected chi connectivity index (χ2v) is 8.10. The Balaban J connectivity index is 1.45. The monoisotopic (exact) mass is 478 g/mol. The molecule has 4 rings (SSSR count). The number of nitrogens with one attached hydrogen (secondary N) is 2. The van der Waals surface area contributed by atoms with Crippen LogP contribution in [0, 0.1) is 13.8 Å². The Labute approximate surface area is 200 Å². The lowest BCUT2D eigenvalue weighted by atomic mass is 10.1. The van der Waals surface area contributed by atoms with Crippen molar-refractivity contribution in [3.8, 4) is 0 Å². The maximum absolute atomic E-state index is 14.4. The predicted octanol–water partition coefficient (Wildman–Crippen LogP) is 3.32. The Kier molecular flexibility index (Phi) is 6.81. The number of halogens is 2. The number of carbonyl (C=O) groups is 1. The van der Waals surface area contributed by atoms with Crippen LogP contribution in [0.25, 0.3) is 10.8 Å². The molecule has 1 amide bonds. The van der Waals surface area contributed by atoms with Crippen LogP contribution in [-0.2, 0) is 23.8 Å². The van der Waals surface area contributed by atoms with Gasteiger partial charge in [0.25, 0.3) is 5.56 Å². The number of amides is 1. The highest BCUT2D eigenvalue weighted by molar-refractivity contribution is 5.87. The van der Waals surface area contributed by atoms with Crippen LogP contribution in [0.2, 0.25) is 0 Å². The highest BCUT2D eigenvalue weighted by Crippen LogP contribution is 2.25. The van der Waals surface area contributed by atoms with E-state index in [2.05, 4.69) is 25.6 Å². The first-order chi connectivity index (χ1) is 16.8. The zero-order valence-electron chi connectivity index (χ0n) is 19.3. The van der Waals surface area contributed by atoms with E-state index in [0.29, 0.717) is 5.69 Å². The molecule has 0 spiro atoms. The number of fused-ring (bicyclic) bond motifs is 1. The minimum Gasteiger partial charge on any atom is -0.359 e. The summed E-state index contributed by atoms with van der Waals surface area (Å²) in [6.45, 7) is 2.62. The zero-order valence-corrected chi connectivity index (χ0v) is 19.3. The molecule has 10 heteroatoms. The maximum atomic E-state index is 14.4. The summed E-state index contributed by atoms with van der Waals surface area (Å²) in [5.41, 5.74) is 1.08. The molecule has 8 nitrogen and oxygen atoms in total. The van der Waals surface area contributed by atoms with Gasteiger partial charge in [0.15, 0.2) is 5.82 Å². The predicted molar refractivity (Wildman–Crippen MR) is 128 cm³/mol. The van der Waals surface area contributed by atoms with Gasteiger partial charge >= 0.3 is 5.92 Å². The SMILES string of the molecule is Cc1ncc(CNC(=O)Cn2c(C)cnc(NCC(F)(F)c3ccccn3)c2=O)c2ccccc12. The van der Waals surface area contributed by atoms with Crippen molar-refractivity contribution in [2.45, 2.75) is 32.9 Å². The molecule has 0 saturated carbocycles. The van der Waals surface area contributed by atoms with Crippen molar-refractivity contribution in [2.24, 2.45) is 0 Å². The second kappa shape index (κ2) is 9.96. The summed E-state index contributed by atoms with van der Waals surface area (Å²) in [7, 11) is 0. The van der Waals surface area contributed by atoms with Gasteiger partial charge in [-0.3, -0.25) is 24.1 Å². The van der Waals surface area contributed by atoms with E-state index in [1.807, 2.05) is 31.2 Å². The van der Waals surface area contributed by atoms with Crippen molar-refractivity contribution in [2.75, 3.05) is 11.9 Å². The summed E-state index contributed by atoms with van der Waals surface area (Å²) < 4.78 is 30.0. The van der Waals surface area contributed by atoms with Gasteiger partial charge in [0.1, 0.15) is 12.2 Å². The van der Waals surface area contributed by atoms with E-state index in [1.54, 1.807) is 13.1 Å². The van der Waals surface area contributed by atoms with E-state index in [0.717, 1.165) is 22.0 Å². The number of benzene rings is 1. The lowest BCUT2D eigenvalue weighted by molar-refractivity contribution is -0.121. The molecule has 180 valence electrons. The van der Waals surface area contributed by atoms with Crippen molar-refractivity contribution in [3.05, 3.63) is 94.1 Å². The molecule has 0 aliphatic rings. The summed E-state index contributed by atoms with van der Waals surface area (Å²) in [4.78, 5) is 37.5. The minimum absolute atomic E-state index is 0.229. The molecule has 0 atom stereocenters. The average Bonchev–Trinajstić information content (AvgIpc) is 2.86. The van der Waals surface area contributed by atoms with Gasteiger partial charge < -0.3 is 10.6 Å². The molecular weight excluding hydrogens is 454 g/mol. The summed E-state index contributed by atoms with van der Waals surface area (Å²) in [5, 5.41) is 7.19. The molecule has 3 heterocycles. The first kappa shape index (κ1) is 23.9. The number of carbonyl (C=O) groups excluding carboxylic acids is 1. The van der Waals surface area contributed by atoms with Crippen LogP contribution in [0.5, 0.6) is 0 Å². The van der Waals surface area contributed by atoms with Crippen LogP contribution in [0.3, 0.4) is 0 Å². The zero-order chi connectivity index (χ0) is 25.0. The van der Waals surface area contributed by atoms with Crippen LogP contribution >= 0.6 is 0 Å². The van der Waals surface area contributed by atoms with E-state index < -0.39 is 29.6 Å². The summed E-state index contributed by atoms with van der Waals surface area (Å²) in [6, 6.07) is 12.0. The molecule has 0 fully saturated rings. The quantitative estimate of drug-likeness (QED) is 0.403. The lowest BCUT2D eigenvalue weighted by Gasteiger charge is -2.17. The Bertz CT molecular complexity index is 1420. The topological polar surface area (TPSA) is 102 Å². The number of hydrogen-bond donors (Lipinski definition) is 2. The van der Waals surface area contributed by atoms with E-state index in [-0.39, 0.29) is 18.9 Å². The van der Waals surface area contributed by atoms with Gasteiger partial charge in [-0.05, 0) is 36.9 Å². The highest BCUT2D eigenvalue weighted by Gasteiger charge is 2.33. The number of alkyl halides is 2.